The molecule has 0 spiro atoms. The molecule has 4 heteroatoms. The molecule has 0 bridgehead atoms. The first kappa shape index (κ1) is 12.4. The van der Waals surface area contributed by atoms with Crippen LogP contribution in [-0.4, -0.2) is 22.2 Å². The van der Waals surface area contributed by atoms with Crippen LogP contribution in [0.15, 0.2) is 17.2 Å². The summed E-state index contributed by atoms with van der Waals surface area (Å²) in [4.78, 5) is 11.9. The third kappa shape index (κ3) is 3.46. The normalized spacial score (nSPS) is 15.4. The fourth-order valence-corrected chi connectivity index (χ4v) is 2.05. The Morgan fingerprint density at radius 3 is 2.82 bits per heavy atom. The number of imidazole rings is 1. The van der Waals surface area contributed by atoms with Gasteiger partial charge in [-0.2, -0.15) is 0 Å². The zero-order chi connectivity index (χ0) is 12.1. The fourth-order valence-electron chi connectivity index (χ4n) is 2.05. The van der Waals surface area contributed by atoms with Crippen molar-refractivity contribution in [2.75, 3.05) is 13.1 Å². The van der Waals surface area contributed by atoms with Crippen LogP contribution in [0.2, 0.25) is 0 Å². The van der Waals surface area contributed by atoms with E-state index in [1.807, 2.05) is 21.5 Å². The molecule has 4 nitrogen and oxygen atoms in total. The number of rotatable bonds is 8. The van der Waals surface area contributed by atoms with Crippen molar-refractivity contribution < 1.29 is 0 Å². The minimum Gasteiger partial charge on any atom is -0.315 e. The van der Waals surface area contributed by atoms with Crippen LogP contribution in [0.3, 0.4) is 0 Å². The van der Waals surface area contributed by atoms with Crippen LogP contribution in [-0.2, 0) is 6.54 Å². The van der Waals surface area contributed by atoms with Gasteiger partial charge in [0, 0.05) is 31.5 Å². The summed E-state index contributed by atoms with van der Waals surface area (Å²) >= 11 is 0. The van der Waals surface area contributed by atoms with Crippen molar-refractivity contribution in [3.05, 3.63) is 22.9 Å². The maximum Gasteiger partial charge on any atom is 0.328 e. The average Bonchev–Trinajstić information content (AvgIpc) is 3.10. The third-order valence-electron chi connectivity index (χ3n) is 3.30. The van der Waals surface area contributed by atoms with Crippen molar-refractivity contribution in [2.45, 2.75) is 51.6 Å². The number of unbranched alkanes of at least 4 members (excludes halogenated alkanes) is 2. The highest BCUT2D eigenvalue weighted by atomic mass is 16.1. The second-order valence-corrected chi connectivity index (χ2v) is 4.87. The van der Waals surface area contributed by atoms with Gasteiger partial charge in [-0.25, -0.2) is 4.79 Å². The lowest BCUT2D eigenvalue weighted by Gasteiger charge is -2.04. The quantitative estimate of drug-likeness (QED) is 0.700. The molecular formula is C13H23N3O. The standard InChI is InChI=1S/C13H23N3O/c1-2-3-4-7-14-8-9-15-10-11-16(13(15)17)12-5-6-12/h10-12,14H,2-9H2,1H3. The van der Waals surface area contributed by atoms with Crippen molar-refractivity contribution in [1.29, 1.82) is 0 Å². The molecule has 96 valence electrons. The molecule has 1 heterocycles. The van der Waals surface area contributed by atoms with Gasteiger partial charge in [-0.05, 0) is 25.8 Å². The maximum atomic E-state index is 11.9. The fraction of sp³-hybridized carbons (Fsp3) is 0.769. The van der Waals surface area contributed by atoms with E-state index in [9.17, 15) is 4.79 Å². The van der Waals surface area contributed by atoms with E-state index in [-0.39, 0.29) is 5.69 Å². The minimum absolute atomic E-state index is 0.155. The summed E-state index contributed by atoms with van der Waals surface area (Å²) in [7, 11) is 0. The summed E-state index contributed by atoms with van der Waals surface area (Å²) in [6.07, 6.45) is 9.94. The van der Waals surface area contributed by atoms with Crippen molar-refractivity contribution in [3.63, 3.8) is 0 Å². The molecule has 17 heavy (non-hydrogen) atoms. The van der Waals surface area contributed by atoms with Crippen molar-refractivity contribution >= 4 is 0 Å². The Morgan fingerprint density at radius 2 is 2.12 bits per heavy atom. The zero-order valence-corrected chi connectivity index (χ0v) is 10.7. The van der Waals surface area contributed by atoms with Crippen molar-refractivity contribution in [2.24, 2.45) is 0 Å². The molecule has 1 aromatic rings. The first-order valence-electron chi connectivity index (χ1n) is 6.81. The average molecular weight is 237 g/mol. The van der Waals surface area contributed by atoms with E-state index >= 15 is 0 Å². The van der Waals surface area contributed by atoms with Crippen molar-refractivity contribution in [1.82, 2.24) is 14.5 Å². The van der Waals surface area contributed by atoms with Crippen LogP contribution in [0, 0.1) is 0 Å². The number of aromatic nitrogens is 2. The molecule has 0 radical (unpaired) electrons. The smallest absolute Gasteiger partial charge is 0.315 e. The molecule has 0 atom stereocenters. The number of hydrogen-bond donors (Lipinski definition) is 1. The van der Waals surface area contributed by atoms with E-state index in [1.54, 1.807) is 0 Å². The Kier molecular flexibility index (Phi) is 4.42. The Bertz CT molecular complexity index is 390. The number of nitrogens with zero attached hydrogens (tertiary/aromatic N) is 2. The van der Waals surface area contributed by atoms with Gasteiger partial charge in [0.25, 0.3) is 0 Å². The Morgan fingerprint density at radius 1 is 1.29 bits per heavy atom. The molecule has 1 aliphatic carbocycles. The highest BCUT2D eigenvalue weighted by Crippen LogP contribution is 2.33. The van der Waals surface area contributed by atoms with Crippen LogP contribution < -0.4 is 11.0 Å². The zero-order valence-electron chi connectivity index (χ0n) is 10.7. The summed E-state index contributed by atoms with van der Waals surface area (Å²) in [5, 5.41) is 3.38. The molecule has 0 aromatic carbocycles. The van der Waals surface area contributed by atoms with Gasteiger partial charge in [0.2, 0.25) is 0 Å². The lowest BCUT2D eigenvalue weighted by atomic mass is 10.2. The Labute approximate surface area is 103 Å². The maximum absolute atomic E-state index is 11.9. The van der Waals surface area contributed by atoms with Crippen molar-refractivity contribution in [3.8, 4) is 0 Å². The van der Waals surface area contributed by atoms with Crippen LogP contribution in [0.1, 0.15) is 45.1 Å². The topological polar surface area (TPSA) is 39.0 Å². The van der Waals surface area contributed by atoms with E-state index in [0.29, 0.717) is 6.04 Å². The molecule has 2 rings (SSSR count). The van der Waals surface area contributed by atoms with E-state index in [0.717, 1.165) is 19.6 Å². The SMILES string of the molecule is CCCCCNCCn1ccn(C2CC2)c1=O. The van der Waals surface area contributed by atoms with E-state index < -0.39 is 0 Å². The molecule has 1 aromatic heterocycles. The molecule has 1 fully saturated rings. The third-order valence-corrected chi connectivity index (χ3v) is 3.30. The van der Waals surface area contributed by atoms with Gasteiger partial charge in [0.05, 0.1) is 0 Å². The summed E-state index contributed by atoms with van der Waals surface area (Å²) in [5.41, 5.74) is 0.155. The highest BCUT2D eigenvalue weighted by molar-refractivity contribution is 4.91. The predicted octanol–water partition coefficient (Wildman–Crippen LogP) is 1.76. The molecule has 1 aliphatic rings. The van der Waals surface area contributed by atoms with Gasteiger partial charge in [-0.15, -0.1) is 0 Å². The summed E-state index contributed by atoms with van der Waals surface area (Å²) in [6, 6.07) is 0.487. The predicted molar refractivity (Wildman–Crippen MR) is 69.4 cm³/mol. The number of nitrogens with one attached hydrogen (secondary N) is 1. The molecule has 1 saturated carbocycles. The monoisotopic (exact) mass is 237 g/mol. The van der Waals surface area contributed by atoms with Gasteiger partial charge in [-0.1, -0.05) is 19.8 Å². The second kappa shape index (κ2) is 6.05. The molecule has 0 amide bonds. The van der Waals surface area contributed by atoms with E-state index in [4.69, 9.17) is 0 Å². The molecule has 0 saturated heterocycles. The number of hydrogen-bond acceptors (Lipinski definition) is 2. The minimum atomic E-state index is 0.155. The van der Waals surface area contributed by atoms with Gasteiger partial charge in [0.1, 0.15) is 0 Å². The molecule has 0 unspecified atom stereocenters. The van der Waals surface area contributed by atoms with Crippen LogP contribution in [0.4, 0.5) is 0 Å². The van der Waals surface area contributed by atoms with Gasteiger partial charge >= 0.3 is 5.69 Å². The van der Waals surface area contributed by atoms with Crippen LogP contribution in [0.5, 0.6) is 0 Å². The first-order valence-corrected chi connectivity index (χ1v) is 6.81. The first-order chi connectivity index (χ1) is 8.33. The lowest BCUT2D eigenvalue weighted by Crippen LogP contribution is -2.28. The summed E-state index contributed by atoms with van der Waals surface area (Å²) < 4.78 is 3.68. The largest absolute Gasteiger partial charge is 0.328 e. The molecule has 1 N–H and O–H groups in total. The highest BCUT2D eigenvalue weighted by Gasteiger charge is 2.25. The van der Waals surface area contributed by atoms with Crippen LogP contribution in [0.25, 0.3) is 0 Å². The Balaban J connectivity index is 1.70. The molecule has 0 aliphatic heterocycles. The van der Waals surface area contributed by atoms with Gasteiger partial charge in [-0.3, -0.25) is 9.13 Å². The van der Waals surface area contributed by atoms with Gasteiger partial charge in [0.15, 0.2) is 0 Å². The second-order valence-electron chi connectivity index (χ2n) is 4.87. The summed E-state index contributed by atoms with van der Waals surface area (Å²) in [6.45, 7) is 4.94. The molecular weight excluding hydrogens is 214 g/mol. The lowest BCUT2D eigenvalue weighted by molar-refractivity contribution is 0.551. The van der Waals surface area contributed by atoms with E-state index in [2.05, 4.69) is 12.2 Å². The van der Waals surface area contributed by atoms with Gasteiger partial charge < -0.3 is 5.32 Å². The Hall–Kier alpha value is -1.03. The van der Waals surface area contributed by atoms with E-state index in [1.165, 1.54) is 32.1 Å². The summed E-state index contributed by atoms with van der Waals surface area (Å²) in [5.74, 6) is 0. The van der Waals surface area contributed by atoms with Crippen LogP contribution >= 0.6 is 0 Å².